The van der Waals surface area contributed by atoms with Crippen molar-refractivity contribution >= 4 is 45.2 Å². The Morgan fingerprint density at radius 3 is 2.45 bits per heavy atom. The Morgan fingerprint density at radius 2 is 1.82 bits per heavy atom. The first-order chi connectivity index (χ1) is 18.1. The summed E-state index contributed by atoms with van der Waals surface area (Å²) in [7, 11) is -3.83. The highest BCUT2D eigenvalue weighted by atomic mass is 35.5. The van der Waals surface area contributed by atoms with E-state index in [1.54, 1.807) is 42.2 Å². The predicted molar refractivity (Wildman–Crippen MR) is 142 cm³/mol. The molecule has 4 rings (SSSR count). The number of likely N-dealkylation sites (tertiary alicyclic amines) is 1. The second-order valence-corrected chi connectivity index (χ2v) is 11.8. The molecule has 2 amide bonds. The Kier molecular flexibility index (Phi) is 8.57. The van der Waals surface area contributed by atoms with Gasteiger partial charge in [-0.2, -0.15) is 0 Å². The van der Waals surface area contributed by atoms with E-state index in [0.29, 0.717) is 55.8 Å². The van der Waals surface area contributed by atoms with Crippen molar-refractivity contribution < 1.29 is 27.9 Å². The van der Waals surface area contributed by atoms with Gasteiger partial charge in [-0.3, -0.25) is 14.3 Å². The SMILES string of the molecule is Cc1c(Cl)c(N2CCC(C(=O)NS(=O)(=O)Cc3ccccc3)CC2)nc(CN2CCCCC2=O)c1C(=O)O. The van der Waals surface area contributed by atoms with Gasteiger partial charge in [-0.05, 0) is 43.7 Å². The summed E-state index contributed by atoms with van der Waals surface area (Å²) >= 11 is 6.58. The van der Waals surface area contributed by atoms with Crippen LogP contribution in [-0.4, -0.2) is 60.8 Å². The second kappa shape index (κ2) is 11.7. The van der Waals surface area contributed by atoms with Crippen molar-refractivity contribution in [2.75, 3.05) is 24.5 Å². The number of aromatic carboxylic acids is 1. The van der Waals surface area contributed by atoms with Gasteiger partial charge in [0, 0.05) is 32.0 Å². The zero-order chi connectivity index (χ0) is 27.4. The van der Waals surface area contributed by atoms with Gasteiger partial charge in [0.2, 0.25) is 21.8 Å². The van der Waals surface area contributed by atoms with Crippen molar-refractivity contribution in [2.24, 2.45) is 5.92 Å². The number of carboxylic acid groups (broad SMARTS) is 1. The molecule has 10 nitrogen and oxygen atoms in total. The molecule has 2 N–H and O–H groups in total. The largest absolute Gasteiger partial charge is 0.478 e. The van der Waals surface area contributed by atoms with E-state index >= 15 is 0 Å². The molecule has 38 heavy (non-hydrogen) atoms. The molecule has 2 aliphatic rings. The number of benzene rings is 1. The number of carbonyl (C=O) groups excluding carboxylic acids is 2. The molecule has 12 heteroatoms. The molecule has 2 aromatic rings. The molecule has 2 aliphatic heterocycles. The summed E-state index contributed by atoms with van der Waals surface area (Å²) < 4.78 is 27.2. The zero-order valence-electron chi connectivity index (χ0n) is 21.2. The summed E-state index contributed by atoms with van der Waals surface area (Å²) in [6.45, 7) is 3.03. The number of anilines is 1. The topological polar surface area (TPSA) is 137 Å². The van der Waals surface area contributed by atoms with E-state index in [9.17, 15) is 27.9 Å². The van der Waals surface area contributed by atoms with Gasteiger partial charge in [-0.25, -0.2) is 18.2 Å². The number of nitrogens with zero attached hydrogens (tertiary/aromatic N) is 3. The number of carboxylic acids is 1. The van der Waals surface area contributed by atoms with E-state index < -0.39 is 27.8 Å². The van der Waals surface area contributed by atoms with E-state index in [4.69, 9.17) is 11.6 Å². The van der Waals surface area contributed by atoms with Crippen molar-refractivity contribution in [3.05, 3.63) is 57.7 Å². The van der Waals surface area contributed by atoms with Crippen LogP contribution in [0.3, 0.4) is 0 Å². The van der Waals surface area contributed by atoms with Gasteiger partial charge >= 0.3 is 5.97 Å². The van der Waals surface area contributed by atoms with Gasteiger partial charge in [0.1, 0.15) is 5.82 Å². The normalized spacial score (nSPS) is 16.9. The van der Waals surface area contributed by atoms with Crippen LogP contribution in [-0.2, 0) is 31.9 Å². The van der Waals surface area contributed by atoms with Gasteiger partial charge in [0.25, 0.3) is 0 Å². The third-order valence-corrected chi connectivity index (χ3v) is 8.70. The average Bonchev–Trinajstić information content (AvgIpc) is 2.87. The minimum Gasteiger partial charge on any atom is -0.478 e. The Bertz CT molecular complexity index is 1330. The molecule has 1 aromatic carbocycles. The predicted octanol–water partition coefficient (Wildman–Crippen LogP) is 3.12. The van der Waals surface area contributed by atoms with Crippen molar-refractivity contribution in [1.82, 2.24) is 14.6 Å². The number of carbonyl (C=O) groups is 3. The van der Waals surface area contributed by atoms with Crippen LogP contribution in [0, 0.1) is 12.8 Å². The fourth-order valence-corrected chi connectivity index (χ4v) is 6.40. The lowest BCUT2D eigenvalue weighted by atomic mass is 9.96. The van der Waals surface area contributed by atoms with Crippen LogP contribution < -0.4 is 9.62 Å². The van der Waals surface area contributed by atoms with E-state index in [-0.39, 0.29) is 34.5 Å². The molecule has 0 aliphatic carbocycles. The van der Waals surface area contributed by atoms with Crippen molar-refractivity contribution in [3.63, 3.8) is 0 Å². The second-order valence-electron chi connectivity index (χ2n) is 9.75. The highest BCUT2D eigenvalue weighted by molar-refractivity contribution is 7.89. The Labute approximate surface area is 227 Å². The molecule has 3 heterocycles. The minimum atomic E-state index is -3.83. The van der Waals surface area contributed by atoms with Crippen LogP contribution in [0.15, 0.2) is 30.3 Å². The number of hydrogen-bond acceptors (Lipinski definition) is 7. The first-order valence-electron chi connectivity index (χ1n) is 12.6. The molecule has 0 spiro atoms. The zero-order valence-corrected chi connectivity index (χ0v) is 22.7. The van der Waals surface area contributed by atoms with Crippen LogP contribution in [0.4, 0.5) is 5.82 Å². The lowest BCUT2D eigenvalue weighted by molar-refractivity contribution is -0.134. The van der Waals surface area contributed by atoms with Gasteiger partial charge < -0.3 is 14.9 Å². The number of nitrogens with one attached hydrogen (secondary N) is 1. The highest BCUT2D eigenvalue weighted by Gasteiger charge is 2.31. The number of amides is 2. The first kappa shape index (κ1) is 27.8. The Hall–Kier alpha value is -3.18. The van der Waals surface area contributed by atoms with Gasteiger partial charge in [-0.1, -0.05) is 41.9 Å². The van der Waals surface area contributed by atoms with E-state index in [1.165, 1.54) is 0 Å². The maximum Gasteiger partial charge on any atom is 0.337 e. The smallest absolute Gasteiger partial charge is 0.337 e. The summed E-state index contributed by atoms with van der Waals surface area (Å²) in [6, 6.07) is 8.64. The molecule has 2 fully saturated rings. The molecule has 2 saturated heterocycles. The fourth-order valence-electron chi connectivity index (χ4n) is 4.96. The quantitative estimate of drug-likeness (QED) is 0.500. The molecular formula is C26H31ClN4O6S. The van der Waals surface area contributed by atoms with Crippen LogP contribution >= 0.6 is 11.6 Å². The maximum atomic E-state index is 12.7. The van der Waals surface area contributed by atoms with Gasteiger partial charge in [-0.15, -0.1) is 0 Å². The number of piperidine rings is 2. The maximum absolute atomic E-state index is 12.7. The summed E-state index contributed by atoms with van der Waals surface area (Å²) in [5.74, 6) is -2.10. The molecule has 0 radical (unpaired) electrons. The number of halogens is 1. The molecule has 0 bridgehead atoms. The third-order valence-electron chi connectivity index (χ3n) is 7.03. The van der Waals surface area contributed by atoms with Gasteiger partial charge in [0.05, 0.1) is 28.6 Å². The molecular weight excluding hydrogens is 532 g/mol. The van der Waals surface area contributed by atoms with Crippen LogP contribution in [0.2, 0.25) is 5.02 Å². The van der Waals surface area contributed by atoms with E-state index in [0.717, 1.165) is 12.8 Å². The van der Waals surface area contributed by atoms with Crippen LogP contribution in [0.25, 0.3) is 0 Å². The molecule has 1 aromatic heterocycles. The van der Waals surface area contributed by atoms with Crippen LogP contribution in [0.1, 0.15) is 59.3 Å². The number of sulfonamides is 1. The monoisotopic (exact) mass is 562 g/mol. The standard InChI is InChI=1S/C26H31ClN4O6S/c1-17-22(26(34)35)20(15-31-12-6-5-9-21(31)32)28-24(23(17)27)30-13-10-19(11-14-30)25(33)29-38(36,37)16-18-7-3-2-4-8-18/h2-4,7-8,19H,5-6,9-16H2,1H3,(H,29,33)(H,34,35). The molecule has 204 valence electrons. The minimum absolute atomic E-state index is 0.00462. The molecule has 0 saturated carbocycles. The highest BCUT2D eigenvalue weighted by Crippen LogP contribution is 2.34. The van der Waals surface area contributed by atoms with Crippen molar-refractivity contribution in [1.29, 1.82) is 0 Å². The summed E-state index contributed by atoms with van der Waals surface area (Å²) in [4.78, 5) is 45.2. The summed E-state index contributed by atoms with van der Waals surface area (Å²) in [6.07, 6.45) is 2.85. The Morgan fingerprint density at radius 1 is 1.13 bits per heavy atom. The molecule has 0 atom stereocenters. The summed E-state index contributed by atoms with van der Waals surface area (Å²) in [5, 5.41) is 10.1. The number of pyridine rings is 1. The number of rotatable bonds is 8. The Balaban J connectivity index is 1.46. The lowest BCUT2D eigenvalue weighted by Gasteiger charge is -2.34. The fraction of sp³-hybridized carbons (Fsp3) is 0.462. The third kappa shape index (κ3) is 6.44. The van der Waals surface area contributed by atoms with Crippen molar-refractivity contribution in [3.8, 4) is 0 Å². The van der Waals surface area contributed by atoms with E-state index in [2.05, 4.69) is 9.71 Å². The number of hydrogen-bond donors (Lipinski definition) is 2. The van der Waals surface area contributed by atoms with Crippen molar-refractivity contribution in [2.45, 2.75) is 51.3 Å². The van der Waals surface area contributed by atoms with E-state index in [1.807, 2.05) is 4.90 Å². The number of aromatic nitrogens is 1. The van der Waals surface area contributed by atoms with Gasteiger partial charge in [0.15, 0.2) is 0 Å². The summed E-state index contributed by atoms with van der Waals surface area (Å²) in [5.41, 5.74) is 1.23. The first-order valence-corrected chi connectivity index (χ1v) is 14.6. The average molecular weight is 563 g/mol. The lowest BCUT2D eigenvalue weighted by Crippen LogP contribution is -2.43. The van der Waals surface area contributed by atoms with Crippen LogP contribution in [0.5, 0.6) is 0 Å². The molecule has 0 unspecified atom stereocenters.